The van der Waals surface area contributed by atoms with Crippen LogP contribution in [0.15, 0.2) is 22.9 Å². The molecule has 0 aliphatic heterocycles. The third-order valence-electron chi connectivity index (χ3n) is 1.91. The Labute approximate surface area is 87.7 Å². The smallest absolute Gasteiger partial charge is 0.110 e. The van der Waals surface area contributed by atoms with Crippen molar-refractivity contribution in [2.75, 3.05) is 0 Å². The van der Waals surface area contributed by atoms with E-state index in [9.17, 15) is 0 Å². The molecule has 0 aliphatic carbocycles. The van der Waals surface area contributed by atoms with Gasteiger partial charge >= 0.3 is 0 Å². The molecule has 0 amide bonds. The Bertz CT molecular complexity index is 273. The van der Waals surface area contributed by atoms with Crippen molar-refractivity contribution in [1.82, 2.24) is 4.98 Å². The maximum atomic E-state index is 6.03. The van der Waals surface area contributed by atoms with Crippen LogP contribution in [0.5, 0.6) is 0 Å². The van der Waals surface area contributed by atoms with E-state index in [0.29, 0.717) is 5.92 Å². The summed E-state index contributed by atoms with van der Waals surface area (Å²) in [6, 6.07) is 4.02. The number of hydrogen-bond acceptors (Lipinski definition) is 2. The fourth-order valence-corrected chi connectivity index (χ4v) is 1.85. The van der Waals surface area contributed by atoms with Crippen LogP contribution in [0, 0.1) is 5.92 Å². The zero-order valence-corrected chi connectivity index (χ0v) is 9.58. The van der Waals surface area contributed by atoms with Crippen molar-refractivity contribution in [3.05, 3.63) is 28.5 Å². The van der Waals surface area contributed by atoms with Crippen LogP contribution in [-0.4, -0.2) is 4.98 Å². The van der Waals surface area contributed by atoms with E-state index in [2.05, 4.69) is 34.8 Å². The SMILES string of the molecule is CC(C)C[C@H](N)c1cccnc1Br. The zero-order valence-electron chi connectivity index (χ0n) is 8.00. The number of rotatable bonds is 3. The molecule has 0 saturated carbocycles. The molecule has 0 spiro atoms. The molecule has 3 heteroatoms. The van der Waals surface area contributed by atoms with Gasteiger partial charge in [0.25, 0.3) is 0 Å². The van der Waals surface area contributed by atoms with Gasteiger partial charge in [-0.15, -0.1) is 0 Å². The van der Waals surface area contributed by atoms with Gasteiger partial charge in [0.1, 0.15) is 4.60 Å². The Kier molecular flexibility index (Phi) is 3.88. The third kappa shape index (κ3) is 3.08. The molecule has 13 heavy (non-hydrogen) atoms. The number of halogens is 1. The summed E-state index contributed by atoms with van der Waals surface area (Å²) >= 11 is 3.40. The van der Waals surface area contributed by atoms with Crippen LogP contribution < -0.4 is 5.73 Å². The normalized spacial score (nSPS) is 13.3. The first-order valence-corrected chi connectivity index (χ1v) is 5.26. The highest BCUT2D eigenvalue weighted by molar-refractivity contribution is 9.10. The van der Waals surface area contributed by atoms with Gasteiger partial charge in [-0.25, -0.2) is 4.98 Å². The summed E-state index contributed by atoms with van der Waals surface area (Å²) in [5, 5.41) is 0. The molecular formula is C10H15BrN2. The van der Waals surface area contributed by atoms with Gasteiger partial charge in [-0.05, 0) is 34.3 Å². The van der Waals surface area contributed by atoms with E-state index in [0.717, 1.165) is 16.6 Å². The van der Waals surface area contributed by atoms with Gasteiger partial charge in [0.2, 0.25) is 0 Å². The minimum Gasteiger partial charge on any atom is -0.324 e. The molecule has 0 aliphatic rings. The standard InChI is InChI=1S/C10H15BrN2/c1-7(2)6-9(12)8-4-3-5-13-10(8)11/h3-5,7,9H,6,12H2,1-2H3/t9-/m0/s1. The van der Waals surface area contributed by atoms with E-state index in [1.165, 1.54) is 0 Å². The minimum atomic E-state index is 0.0862. The molecule has 0 bridgehead atoms. The summed E-state index contributed by atoms with van der Waals surface area (Å²) < 4.78 is 0.864. The second-order valence-electron chi connectivity index (χ2n) is 3.62. The maximum absolute atomic E-state index is 6.03. The number of nitrogens with two attached hydrogens (primary N) is 1. The summed E-state index contributed by atoms with van der Waals surface area (Å²) in [7, 11) is 0. The summed E-state index contributed by atoms with van der Waals surface area (Å²) in [4.78, 5) is 4.14. The van der Waals surface area contributed by atoms with Crippen molar-refractivity contribution in [3.63, 3.8) is 0 Å². The lowest BCUT2D eigenvalue weighted by atomic mass is 9.99. The highest BCUT2D eigenvalue weighted by Gasteiger charge is 2.11. The summed E-state index contributed by atoms with van der Waals surface area (Å²) in [6.45, 7) is 4.34. The lowest BCUT2D eigenvalue weighted by molar-refractivity contribution is 0.508. The van der Waals surface area contributed by atoms with Crippen molar-refractivity contribution in [2.45, 2.75) is 26.3 Å². The van der Waals surface area contributed by atoms with Crippen LogP contribution in [0.4, 0.5) is 0 Å². The van der Waals surface area contributed by atoms with Crippen LogP contribution in [0.1, 0.15) is 31.9 Å². The molecule has 1 rings (SSSR count). The van der Waals surface area contributed by atoms with Crippen molar-refractivity contribution in [1.29, 1.82) is 0 Å². The van der Waals surface area contributed by atoms with E-state index in [4.69, 9.17) is 5.73 Å². The largest absolute Gasteiger partial charge is 0.324 e. The summed E-state index contributed by atoms with van der Waals surface area (Å²) in [5.74, 6) is 0.613. The van der Waals surface area contributed by atoms with Crippen molar-refractivity contribution >= 4 is 15.9 Å². The van der Waals surface area contributed by atoms with Gasteiger partial charge in [-0.1, -0.05) is 19.9 Å². The van der Waals surface area contributed by atoms with Gasteiger partial charge < -0.3 is 5.73 Å². The molecule has 0 fully saturated rings. The fourth-order valence-electron chi connectivity index (χ4n) is 1.31. The van der Waals surface area contributed by atoms with E-state index in [1.807, 2.05) is 12.1 Å². The van der Waals surface area contributed by atoms with Crippen LogP contribution in [0.3, 0.4) is 0 Å². The van der Waals surface area contributed by atoms with E-state index in [1.54, 1.807) is 6.20 Å². The van der Waals surface area contributed by atoms with Gasteiger partial charge in [0, 0.05) is 17.8 Å². The molecular weight excluding hydrogens is 228 g/mol. The molecule has 1 atom stereocenters. The number of pyridine rings is 1. The Morgan fingerprint density at radius 1 is 1.54 bits per heavy atom. The molecule has 1 heterocycles. The van der Waals surface area contributed by atoms with Crippen LogP contribution in [0.25, 0.3) is 0 Å². The second kappa shape index (κ2) is 4.72. The predicted molar refractivity (Wildman–Crippen MR) is 58.3 cm³/mol. The Balaban J connectivity index is 2.76. The molecule has 72 valence electrons. The Morgan fingerprint density at radius 3 is 2.77 bits per heavy atom. The lowest BCUT2D eigenvalue weighted by Crippen LogP contribution is -2.13. The van der Waals surface area contributed by atoms with Crippen LogP contribution in [-0.2, 0) is 0 Å². The number of aromatic nitrogens is 1. The monoisotopic (exact) mass is 242 g/mol. The van der Waals surface area contributed by atoms with Crippen molar-refractivity contribution < 1.29 is 0 Å². The second-order valence-corrected chi connectivity index (χ2v) is 4.37. The zero-order chi connectivity index (χ0) is 9.84. The van der Waals surface area contributed by atoms with Gasteiger partial charge in [0.05, 0.1) is 0 Å². The highest BCUT2D eigenvalue weighted by atomic mass is 79.9. The molecule has 0 saturated heterocycles. The molecule has 0 radical (unpaired) electrons. The number of nitrogens with zero attached hydrogens (tertiary/aromatic N) is 1. The van der Waals surface area contributed by atoms with E-state index in [-0.39, 0.29) is 6.04 Å². The maximum Gasteiger partial charge on any atom is 0.110 e. The average Bonchev–Trinajstić information content (AvgIpc) is 2.03. The van der Waals surface area contributed by atoms with Crippen molar-refractivity contribution in [3.8, 4) is 0 Å². The average molecular weight is 243 g/mol. The molecule has 0 unspecified atom stereocenters. The Morgan fingerprint density at radius 2 is 2.23 bits per heavy atom. The van der Waals surface area contributed by atoms with E-state index < -0.39 is 0 Å². The topological polar surface area (TPSA) is 38.9 Å². The van der Waals surface area contributed by atoms with Crippen molar-refractivity contribution in [2.24, 2.45) is 11.7 Å². The summed E-state index contributed by atoms with van der Waals surface area (Å²) in [5.41, 5.74) is 7.12. The molecule has 2 N–H and O–H groups in total. The number of hydrogen-bond donors (Lipinski definition) is 1. The van der Waals surface area contributed by atoms with Crippen LogP contribution in [0.2, 0.25) is 0 Å². The third-order valence-corrected chi connectivity index (χ3v) is 2.58. The minimum absolute atomic E-state index is 0.0862. The first-order valence-electron chi connectivity index (χ1n) is 4.47. The van der Waals surface area contributed by atoms with Gasteiger partial charge in [-0.3, -0.25) is 0 Å². The summed E-state index contributed by atoms with van der Waals surface area (Å²) in [6.07, 6.45) is 2.75. The molecule has 1 aromatic heterocycles. The first kappa shape index (κ1) is 10.7. The quantitative estimate of drug-likeness (QED) is 0.829. The molecule has 0 aromatic carbocycles. The Hall–Kier alpha value is -0.410. The predicted octanol–water partition coefficient (Wildman–Crippen LogP) is 2.89. The molecule has 2 nitrogen and oxygen atoms in total. The van der Waals surface area contributed by atoms with E-state index >= 15 is 0 Å². The van der Waals surface area contributed by atoms with Crippen LogP contribution >= 0.6 is 15.9 Å². The highest BCUT2D eigenvalue weighted by Crippen LogP contribution is 2.23. The fraction of sp³-hybridized carbons (Fsp3) is 0.500. The van der Waals surface area contributed by atoms with Gasteiger partial charge in [0.15, 0.2) is 0 Å². The molecule has 1 aromatic rings. The first-order chi connectivity index (χ1) is 6.11. The van der Waals surface area contributed by atoms with Gasteiger partial charge in [-0.2, -0.15) is 0 Å². The lowest BCUT2D eigenvalue weighted by Gasteiger charge is -2.14.